The van der Waals surface area contributed by atoms with E-state index in [0.717, 1.165) is 36.8 Å². The highest BCUT2D eigenvalue weighted by atomic mass is 32.1. The van der Waals surface area contributed by atoms with Gasteiger partial charge in [-0.1, -0.05) is 25.2 Å². The molecule has 0 saturated carbocycles. The number of aromatic carboxylic acids is 1. The molecule has 0 radical (unpaired) electrons. The monoisotopic (exact) mass is 299 g/mol. The summed E-state index contributed by atoms with van der Waals surface area (Å²) in [6.45, 7) is 5.97. The van der Waals surface area contributed by atoms with Gasteiger partial charge in [0.05, 0.1) is 5.69 Å². The molecule has 20 heavy (non-hydrogen) atoms. The second-order valence-corrected chi connectivity index (χ2v) is 6.38. The fraction of sp³-hybridized carbons (Fsp3) is 0.714. The number of carbonyl (C=O) groups is 1. The third kappa shape index (κ3) is 4.45. The van der Waals surface area contributed by atoms with E-state index in [-0.39, 0.29) is 5.92 Å². The van der Waals surface area contributed by atoms with Crippen molar-refractivity contribution >= 4 is 22.4 Å². The fourth-order valence-corrected chi connectivity index (χ4v) is 2.90. The van der Waals surface area contributed by atoms with E-state index in [4.69, 9.17) is 0 Å². The molecule has 0 saturated heterocycles. The molecule has 0 aliphatic heterocycles. The van der Waals surface area contributed by atoms with Gasteiger partial charge >= 0.3 is 5.97 Å². The summed E-state index contributed by atoms with van der Waals surface area (Å²) in [5.74, 6) is -0.688. The molecule has 5 nitrogen and oxygen atoms in total. The van der Waals surface area contributed by atoms with Crippen LogP contribution >= 0.6 is 11.3 Å². The van der Waals surface area contributed by atoms with Crippen LogP contribution in [0.1, 0.15) is 48.0 Å². The lowest BCUT2D eigenvalue weighted by molar-refractivity contribution is 0.0700. The molecule has 0 aliphatic carbocycles. The summed E-state index contributed by atoms with van der Waals surface area (Å²) in [7, 11) is 6.07. The Labute approximate surface area is 125 Å². The van der Waals surface area contributed by atoms with Gasteiger partial charge < -0.3 is 14.9 Å². The van der Waals surface area contributed by atoms with Crippen LogP contribution in [-0.4, -0.2) is 55.2 Å². The number of nitrogens with zero attached hydrogens (tertiary/aromatic N) is 3. The molecule has 0 bridgehead atoms. The summed E-state index contributed by atoms with van der Waals surface area (Å²) in [5.41, 5.74) is 0.722. The molecule has 0 amide bonds. The Bertz CT molecular complexity index is 446. The summed E-state index contributed by atoms with van der Waals surface area (Å²) in [5, 5.41) is 10.1. The van der Waals surface area contributed by atoms with E-state index in [2.05, 4.69) is 16.8 Å². The summed E-state index contributed by atoms with van der Waals surface area (Å²) in [6, 6.07) is 0. The predicted octanol–water partition coefficient (Wildman–Crippen LogP) is 2.74. The molecule has 6 heteroatoms. The SMILES string of the molecule is CCC(C)c1nc(N(C)CCCN(C)C)sc1C(=O)O. The molecule has 0 fully saturated rings. The maximum atomic E-state index is 11.3. The molecule has 1 unspecified atom stereocenters. The van der Waals surface area contributed by atoms with Gasteiger partial charge in [-0.15, -0.1) is 0 Å². The second-order valence-electron chi connectivity index (χ2n) is 5.40. The number of anilines is 1. The lowest BCUT2D eigenvalue weighted by Gasteiger charge is -2.17. The molecule has 1 heterocycles. The number of rotatable bonds is 8. The van der Waals surface area contributed by atoms with Gasteiger partial charge in [0.15, 0.2) is 5.13 Å². The molecule has 0 spiro atoms. The van der Waals surface area contributed by atoms with Crippen LogP contribution in [-0.2, 0) is 0 Å². The Balaban J connectivity index is 2.82. The molecular weight excluding hydrogens is 274 g/mol. The maximum Gasteiger partial charge on any atom is 0.347 e. The van der Waals surface area contributed by atoms with Crippen molar-refractivity contribution in [2.24, 2.45) is 0 Å². The van der Waals surface area contributed by atoms with Crippen molar-refractivity contribution < 1.29 is 9.90 Å². The molecule has 114 valence electrons. The van der Waals surface area contributed by atoms with Crippen molar-refractivity contribution in [3.05, 3.63) is 10.6 Å². The van der Waals surface area contributed by atoms with Gasteiger partial charge in [-0.25, -0.2) is 9.78 Å². The van der Waals surface area contributed by atoms with Crippen molar-refractivity contribution in [2.45, 2.75) is 32.6 Å². The molecule has 1 rings (SSSR count). The Morgan fingerprint density at radius 3 is 2.50 bits per heavy atom. The van der Waals surface area contributed by atoms with Crippen LogP contribution in [0.4, 0.5) is 5.13 Å². The smallest absolute Gasteiger partial charge is 0.347 e. The zero-order valence-corrected chi connectivity index (χ0v) is 13.8. The third-order valence-corrected chi connectivity index (χ3v) is 4.51. The van der Waals surface area contributed by atoms with Gasteiger partial charge in [0.1, 0.15) is 4.88 Å². The van der Waals surface area contributed by atoms with Gasteiger partial charge in [0.2, 0.25) is 0 Å². The van der Waals surface area contributed by atoms with Gasteiger partial charge in [-0.2, -0.15) is 0 Å². The molecule has 1 N–H and O–H groups in total. The van der Waals surface area contributed by atoms with Gasteiger partial charge in [0, 0.05) is 13.6 Å². The highest BCUT2D eigenvalue weighted by molar-refractivity contribution is 7.17. The number of carboxylic acids is 1. The topological polar surface area (TPSA) is 56.7 Å². The average molecular weight is 299 g/mol. The van der Waals surface area contributed by atoms with E-state index in [0.29, 0.717) is 4.88 Å². The van der Waals surface area contributed by atoms with E-state index < -0.39 is 5.97 Å². The van der Waals surface area contributed by atoms with Crippen LogP contribution in [0.3, 0.4) is 0 Å². The van der Waals surface area contributed by atoms with Crippen molar-refractivity contribution in [2.75, 3.05) is 39.1 Å². The highest BCUT2D eigenvalue weighted by Crippen LogP contribution is 2.31. The second kappa shape index (κ2) is 7.59. The molecule has 0 aromatic carbocycles. The largest absolute Gasteiger partial charge is 0.477 e. The number of hydrogen-bond donors (Lipinski definition) is 1. The first kappa shape index (κ1) is 16.9. The van der Waals surface area contributed by atoms with E-state index in [1.807, 2.05) is 33.0 Å². The number of carboxylic acid groups (broad SMARTS) is 1. The Hall–Kier alpha value is -1.14. The number of hydrogen-bond acceptors (Lipinski definition) is 5. The van der Waals surface area contributed by atoms with Crippen molar-refractivity contribution in [1.29, 1.82) is 0 Å². The van der Waals surface area contributed by atoms with Crippen molar-refractivity contribution in [1.82, 2.24) is 9.88 Å². The first-order valence-corrected chi connectivity index (χ1v) is 7.78. The standard InChI is InChI=1S/C14H25N3O2S/c1-6-10(2)11-12(13(18)19)20-14(15-11)17(5)9-7-8-16(3)4/h10H,6-9H2,1-5H3,(H,18,19). The quantitative estimate of drug-likeness (QED) is 0.800. The third-order valence-electron chi connectivity index (χ3n) is 3.34. The molecule has 1 aromatic rings. The lowest BCUT2D eigenvalue weighted by Crippen LogP contribution is -2.23. The minimum atomic E-state index is -0.870. The summed E-state index contributed by atoms with van der Waals surface area (Å²) >= 11 is 1.28. The van der Waals surface area contributed by atoms with E-state index >= 15 is 0 Å². The predicted molar refractivity (Wildman–Crippen MR) is 84.2 cm³/mol. The summed E-state index contributed by atoms with van der Waals surface area (Å²) in [4.78, 5) is 20.4. The molecular formula is C14H25N3O2S. The Morgan fingerprint density at radius 1 is 1.35 bits per heavy atom. The van der Waals surface area contributed by atoms with Gasteiger partial charge in [-0.05, 0) is 39.4 Å². The Kier molecular flexibility index (Phi) is 6.42. The van der Waals surface area contributed by atoms with Crippen LogP contribution in [0.5, 0.6) is 0 Å². The van der Waals surface area contributed by atoms with Crippen molar-refractivity contribution in [3.63, 3.8) is 0 Å². The van der Waals surface area contributed by atoms with Gasteiger partial charge in [0.25, 0.3) is 0 Å². The van der Waals surface area contributed by atoms with Crippen LogP contribution < -0.4 is 4.90 Å². The lowest BCUT2D eigenvalue weighted by atomic mass is 10.0. The van der Waals surface area contributed by atoms with Crippen LogP contribution in [0.15, 0.2) is 0 Å². The molecule has 1 atom stereocenters. The minimum absolute atomic E-state index is 0.182. The Morgan fingerprint density at radius 2 is 2.00 bits per heavy atom. The number of aromatic nitrogens is 1. The zero-order chi connectivity index (χ0) is 15.3. The zero-order valence-electron chi connectivity index (χ0n) is 13.0. The first-order valence-electron chi connectivity index (χ1n) is 6.96. The van der Waals surface area contributed by atoms with Crippen LogP contribution in [0, 0.1) is 0 Å². The summed E-state index contributed by atoms with van der Waals surface area (Å²) in [6.07, 6.45) is 1.93. The maximum absolute atomic E-state index is 11.3. The van der Waals surface area contributed by atoms with Crippen LogP contribution in [0.25, 0.3) is 0 Å². The molecule has 1 aromatic heterocycles. The number of thiazole rings is 1. The highest BCUT2D eigenvalue weighted by Gasteiger charge is 2.22. The summed E-state index contributed by atoms with van der Waals surface area (Å²) < 4.78 is 0. The van der Waals surface area contributed by atoms with Crippen LogP contribution in [0.2, 0.25) is 0 Å². The first-order chi connectivity index (χ1) is 9.36. The fourth-order valence-electron chi connectivity index (χ4n) is 1.88. The average Bonchev–Trinajstić information content (AvgIpc) is 2.82. The van der Waals surface area contributed by atoms with Crippen molar-refractivity contribution in [3.8, 4) is 0 Å². The molecule has 0 aliphatic rings. The van der Waals surface area contributed by atoms with E-state index in [1.54, 1.807) is 0 Å². The van der Waals surface area contributed by atoms with Gasteiger partial charge in [-0.3, -0.25) is 0 Å². The normalized spacial score (nSPS) is 12.7. The van der Waals surface area contributed by atoms with E-state index in [9.17, 15) is 9.90 Å². The van der Waals surface area contributed by atoms with E-state index in [1.165, 1.54) is 11.3 Å². The minimum Gasteiger partial charge on any atom is -0.477 e.